The summed E-state index contributed by atoms with van der Waals surface area (Å²) in [4.78, 5) is 44.0. The molecule has 0 saturated carbocycles. The highest BCUT2D eigenvalue weighted by molar-refractivity contribution is 6.36. The molecule has 9 heteroatoms. The van der Waals surface area contributed by atoms with Crippen LogP contribution in [-0.4, -0.2) is 84.3 Å². The van der Waals surface area contributed by atoms with Crippen LogP contribution in [0, 0.1) is 5.92 Å². The predicted octanol–water partition coefficient (Wildman–Crippen LogP) is 3.15. The molecular weight excluding hydrogens is 451 g/mol. The zero-order chi connectivity index (χ0) is 23.8. The van der Waals surface area contributed by atoms with Gasteiger partial charge in [0.25, 0.3) is 5.91 Å². The van der Waals surface area contributed by atoms with Gasteiger partial charge in [0, 0.05) is 44.3 Å². The fraction of sp³-hybridized carbons (Fsp3) is 0.609. The molecule has 1 atom stereocenters. The minimum Gasteiger partial charge on any atom is -0.342 e. The number of carbonyl (C=O) groups is 3. The van der Waals surface area contributed by atoms with Crippen molar-refractivity contribution in [2.75, 3.05) is 45.8 Å². The van der Waals surface area contributed by atoms with Crippen molar-refractivity contribution in [3.05, 3.63) is 33.8 Å². The second kappa shape index (κ2) is 12.4. The molecule has 2 rings (SSSR count). The minimum atomic E-state index is -0.641. The number of amides is 3. The Hall–Kier alpha value is -1.83. The van der Waals surface area contributed by atoms with E-state index in [-0.39, 0.29) is 28.3 Å². The predicted molar refractivity (Wildman–Crippen MR) is 128 cm³/mol. The highest BCUT2D eigenvalue weighted by Crippen LogP contribution is 2.21. The summed E-state index contributed by atoms with van der Waals surface area (Å²) in [6.07, 6.45) is 0.524. The molecule has 1 aromatic carbocycles. The zero-order valence-electron chi connectivity index (χ0n) is 19.4. The van der Waals surface area contributed by atoms with Gasteiger partial charge in [-0.05, 0) is 44.4 Å². The molecule has 0 spiro atoms. The number of nitrogens with zero attached hydrogens (tertiary/aromatic N) is 3. The van der Waals surface area contributed by atoms with Crippen LogP contribution in [0.2, 0.25) is 10.0 Å². The molecule has 1 aromatic rings. The summed E-state index contributed by atoms with van der Waals surface area (Å²) >= 11 is 12.1. The van der Waals surface area contributed by atoms with Gasteiger partial charge in [0.2, 0.25) is 11.8 Å². The molecule has 3 amide bonds. The molecular formula is C23H34Cl2N4O3. The standard InChI is InChI=1S/C23H34Cl2N4O3/c1-5-28(6-2)21(30)15-27-9-11-29(12-10-27)23(32)20(13-16(3)4)26-22(31)18-8-7-17(24)14-19(18)25/h7-8,14,16,20H,5-6,9-13,15H2,1-4H3,(H,26,31). The third-order valence-electron chi connectivity index (χ3n) is 5.65. The summed E-state index contributed by atoms with van der Waals surface area (Å²) in [7, 11) is 0. The normalized spacial score (nSPS) is 15.5. The van der Waals surface area contributed by atoms with Crippen molar-refractivity contribution < 1.29 is 14.4 Å². The smallest absolute Gasteiger partial charge is 0.253 e. The molecule has 1 N–H and O–H groups in total. The summed E-state index contributed by atoms with van der Waals surface area (Å²) < 4.78 is 0. The lowest BCUT2D eigenvalue weighted by Crippen LogP contribution is -2.56. The van der Waals surface area contributed by atoms with E-state index in [2.05, 4.69) is 10.2 Å². The average Bonchev–Trinajstić information content (AvgIpc) is 2.73. The van der Waals surface area contributed by atoms with Crippen LogP contribution in [0.15, 0.2) is 18.2 Å². The van der Waals surface area contributed by atoms with Gasteiger partial charge in [0.15, 0.2) is 0 Å². The summed E-state index contributed by atoms with van der Waals surface area (Å²) in [5.41, 5.74) is 0.289. The van der Waals surface area contributed by atoms with Crippen LogP contribution in [0.1, 0.15) is 44.5 Å². The van der Waals surface area contributed by atoms with Crippen LogP contribution in [-0.2, 0) is 9.59 Å². The van der Waals surface area contributed by atoms with Crippen molar-refractivity contribution in [2.24, 2.45) is 5.92 Å². The highest BCUT2D eigenvalue weighted by atomic mass is 35.5. The molecule has 1 fully saturated rings. The summed E-state index contributed by atoms with van der Waals surface area (Å²) in [5, 5.41) is 3.55. The van der Waals surface area contributed by atoms with Gasteiger partial charge in [-0.2, -0.15) is 0 Å². The second-order valence-corrected chi connectivity index (χ2v) is 9.29. The molecule has 0 radical (unpaired) electrons. The first-order chi connectivity index (χ1) is 15.2. The number of benzene rings is 1. The van der Waals surface area contributed by atoms with E-state index in [0.717, 1.165) is 0 Å². The Balaban J connectivity index is 1.99. The van der Waals surface area contributed by atoms with Crippen molar-refractivity contribution in [2.45, 2.75) is 40.2 Å². The number of hydrogen-bond acceptors (Lipinski definition) is 4. The Bertz CT molecular complexity index is 806. The van der Waals surface area contributed by atoms with E-state index in [9.17, 15) is 14.4 Å². The van der Waals surface area contributed by atoms with Crippen LogP contribution >= 0.6 is 23.2 Å². The molecule has 1 saturated heterocycles. The topological polar surface area (TPSA) is 73.0 Å². The number of carbonyl (C=O) groups excluding carboxylic acids is 3. The van der Waals surface area contributed by atoms with E-state index in [4.69, 9.17) is 23.2 Å². The SMILES string of the molecule is CCN(CC)C(=O)CN1CCN(C(=O)C(CC(C)C)NC(=O)c2ccc(Cl)cc2Cl)CC1. The minimum absolute atomic E-state index is 0.105. The summed E-state index contributed by atoms with van der Waals surface area (Å²) in [6, 6.07) is 4.02. The van der Waals surface area contributed by atoms with Gasteiger partial charge in [-0.25, -0.2) is 0 Å². The Morgan fingerprint density at radius 3 is 2.22 bits per heavy atom. The Morgan fingerprint density at radius 1 is 1.06 bits per heavy atom. The number of piperazine rings is 1. The average molecular weight is 485 g/mol. The quantitative estimate of drug-likeness (QED) is 0.584. The Morgan fingerprint density at radius 2 is 1.69 bits per heavy atom. The molecule has 1 heterocycles. The van der Waals surface area contributed by atoms with Gasteiger partial charge >= 0.3 is 0 Å². The second-order valence-electron chi connectivity index (χ2n) is 8.45. The van der Waals surface area contributed by atoms with Crippen LogP contribution in [0.3, 0.4) is 0 Å². The van der Waals surface area contributed by atoms with Crippen molar-refractivity contribution in [3.8, 4) is 0 Å². The maximum absolute atomic E-state index is 13.2. The van der Waals surface area contributed by atoms with E-state index in [0.29, 0.717) is 57.3 Å². The molecule has 32 heavy (non-hydrogen) atoms. The first-order valence-electron chi connectivity index (χ1n) is 11.2. The number of rotatable bonds is 9. The maximum Gasteiger partial charge on any atom is 0.253 e. The van der Waals surface area contributed by atoms with Gasteiger partial charge in [0.05, 0.1) is 17.1 Å². The lowest BCUT2D eigenvalue weighted by atomic mass is 10.0. The lowest BCUT2D eigenvalue weighted by molar-refractivity contribution is -0.136. The summed E-state index contributed by atoms with van der Waals surface area (Å²) in [5.74, 6) is -0.168. The Labute approximate surface area is 201 Å². The molecule has 0 aliphatic carbocycles. The monoisotopic (exact) mass is 484 g/mol. The van der Waals surface area contributed by atoms with Crippen molar-refractivity contribution in [1.82, 2.24) is 20.0 Å². The number of likely N-dealkylation sites (N-methyl/N-ethyl adjacent to an activating group) is 1. The third-order valence-corrected chi connectivity index (χ3v) is 6.19. The van der Waals surface area contributed by atoms with Crippen molar-refractivity contribution in [3.63, 3.8) is 0 Å². The van der Waals surface area contributed by atoms with Gasteiger partial charge in [-0.3, -0.25) is 19.3 Å². The van der Waals surface area contributed by atoms with E-state index >= 15 is 0 Å². The largest absolute Gasteiger partial charge is 0.342 e. The fourth-order valence-corrected chi connectivity index (χ4v) is 4.31. The molecule has 1 aliphatic rings. The number of hydrogen-bond donors (Lipinski definition) is 1. The third kappa shape index (κ3) is 7.36. The first-order valence-corrected chi connectivity index (χ1v) is 12.0. The van der Waals surface area contributed by atoms with E-state index in [1.54, 1.807) is 17.0 Å². The van der Waals surface area contributed by atoms with Gasteiger partial charge in [-0.15, -0.1) is 0 Å². The van der Waals surface area contributed by atoms with Crippen LogP contribution in [0.4, 0.5) is 0 Å². The van der Waals surface area contributed by atoms with E-state index in [1.807, 2.05) is 32.6 Å². The van der Waals surface area contributed by atoms with Crippen LogP contribution in [0.25, 0.3) is 0 Å². The first kappa shape index (κ1) is 26.4. The van der Waals surface area contributed by atoms with Gasteiger partial charge in [0.1, 0.15) is 6.04 Å². The maximum atomic E-state index is 13.2. The Kier molecular flexibility index (Phi) is 10.3. The van der Waals surface area contributed by atoms with Gasteiger partial charge in [-0.1, -0.05) is 37.0 Å². The summed E-state index contributed by atoms with van der Waals surface area (Å²) in [6.45, 7) is 12.0. The number of halogens is 2. The van der Waals surface area contributed by atoms with Crippen LogP contribution < -0.4 is 5.32 Å². The van der Waals surface area contributed by atoms with Crippen LogP contribution in [0.5, 0.6) is 0 Å². The lowest BCUT2D eigenvalue weighted by Gasteiger charge is -2.37. The molecule has 1 aliphatic heterocycles. The molecule has 178 valence electrons. The highest BCUT2D eigenvalue weighted by Gasteiger charge is 2.30. The van der Waals surface area contributed by atoms with Gasteiger partial charge < -0.3 is 15.1 Å². The molecule has 7 nitrogen and oxygen atoms in total. The van der Waals surface area contributed by atoms with Crippen molar-refractivity contribution in [1.29, 1.82) is 0 Å². The molecule has 0 bridgehead atoms. The number of nitrogens with one attached hydrogen (secondary N) is 1. The van der Waals surface area contributed by atoms with E-state index < -0.39 is 11.9 Å². The van der Waals surface area contributed by atoms with Crippen molar-refractivity contribution >= 4 is 40.9 Å². The van der Waals surface area contributed by atoms with E-state index in [1.165, 1.54) is 6.07 Å². The molecule has 1 unspecified atom stereocenters. The molecule has 0 aromatic heterocycles. The zero-order valence-corrected chi connectivity index (χ0v) is 20.9. The fourth-order valence-electron chi connectivity index (χ4n) is 3.82.